The summed E-state index contributed by atoms with van der Waals surface area (Å²) in [6, 6.07) is 0. The Hall–Kier alpha value is -0.530. The highest BCUT2D eigenvalue weighted by Crippen LogP contribution is 2.59. The van der Waals surface area contributed by atoms with Crippen LogP contribution in [0.5, 0.6) is 0 Å². The fourth-order valence-corrected chi connectivity index (χ4v) is 4.41. The van der Waals surface area contributed by atoms with E-state index in [1.54, 1.807) is 0 Å². The highest BCUT2D eigenvalue weighted by molar-refractivity contribution is 5.95. The van der Waals surface area contributed by atoms with Gasteiger partial charge in [-0.25, -0.2) is 0 Å². The van der Waals surface area contributed by atoms with Crippen LogP contribution in [0.2, 0.25) is 0 Å². The molecule has 2 fully saturated rings. The van der Waals surface area contributed by atoms with Crippen LogP contribution in [0.1, 0.15) is 53.4 Å². The summed E-state index contributed by atoms with van der Waals surface area (Å²) in [5.41, 5.74) is 1.33. The van der Waals surface area contributed by atoms with E-state index in [1.165, 1.54) is 25.7 Å². The molecule has 2 aliphatic carbocycles. The molecule has 16 heavy (non-hydrogen) atoms. The van der Waals surface area contributed by atoms with E-state index in [9.17, 15) is 5.21 Å². The predicted octanol–water partition coefficient (Wildman–Crippen LogP) is 3.94. The van der Waals surface area contributed by atoms with Gasteiger partial charge in [-0.3, -0.25) is 0 Å². The molecule has 2 aliphatic rings. The van der Waals surface area contributed by atoms with Crippen LogP contribution in [0, 0.1) is 29.1 Å². The van der Waals surface area contributed by atoms with Crippen molar-refractivity contribution in [2.75, 3.05) is 0 Å². The fraction of sp³-hybridized carbons (Fsp3) is 0.929. The van der Waals surface area contributed by atoms with Gasteiger partial charge in [-0.15, -0.1) is 0 Å². The van der Waals surface area contributed by atoms with Gasteiger partial charge in [0.15, 0.2) is 0 Å². The first kappa shape index (κ1) is 11.9. The van der Waals surface area contributed by atoms with Crippen LogP contribution in [0.4, 0.5) is 0 Å². The molecule has 2 nitrogen and oxygen atoms in total. The van der Waals surface area contributed by atoms with Crippen molar-refractivity contribution in [3.8, 4) is 0 Å². The topological polar surface area (TPSA) is 32.6 Å². The summed E-state index contributed by atoms with van der Waals surface area (Å²) >= 11 is 0. The molecule has 0 aromatic carbocycles. The van der Waals surface area contributed by atoms with Crippen molar-refractivity contribution in [1.29, 1.82) is 0 Å². The molecule has 0 aromatic rings. The lowest BCUT2D eigenvalue weighted by Crippen LogP contribution is -2.42. The Bertz CT molecular complexity index is 295. The number of rotatable bonds is 3. The van der Waals surface area contributed by atoms with Crippen molar-refractivity contribution in [3.63, 3.8) is 0 Å². The zero-order chi connectivity index (χ0) is 11.9. The molecule has 1 unspecified atom stereocenters. The maximum absolute atomic E-state index is 9.37. The second-order valence-electron chi connectivity index (χ2n) is 6.49. The quantitative estimate of drug-likeness (QED) is 0.570. The van der Waals surface area contributed by atoms with E-state index in [0.717, 1.165) is 11.6 Å². The Balaban J connectivity index is 2.37. The normalized spacial score (nSPS) is 40.5. The minimum Gasteiger partial charge on any atom is -0.411 e. The summed E-state index contributed by atoms with van der Waals surface area (Å²) < 4.78 is 0. The van der Waals surface area contributed by atoms with Crippen molar-refractivity contribution in [1.82, 2.24) is 0 Å². The Morgan fingerprint density at radius 1 is 1.31 bits per heavy atom. The zero-order valence-electron chi connectivity index (χ0n) is 11.0. The number of nitrogens with zero attached hydrogens (tertiary/aromatic N) is 1. The molecule has 1 N–H and O–H groups in total. The van der Waals surface area contributed by atoms with Gasteiger partial charge in [0.05, 0.1) is 5.71 Å². The number of oxime groups is 1. The molecule has 2 heteroatoms. The molecule has 0 spiro atoms. The van der Waals surface area contributed by atoms with Crippen LogP contribution in [-0.2, 0) is 0 Å². The Kier molecular flexibility index (Phi) is 3.02. The molecule has 2 saturated carbocycles. The average molecular weight is 223 g/mol. The van der Waals surface area contributed by atoms with Crippen LogP contribution >= 0.6 is 0 Å². The molecule has 2 bridgehead atoms. The Morgan fingerprint density at radius 3 is 2.50 bits per heavy atom. The third-order valence-corrected chi connectivity index (χ3v) is 4.91. The number of hydrogen-bond acceptors (Lipinski definition) is 2. The van der Waals surface area contributed by atoms with E-state index in [-0.39, 0.29) is 5.41 Å². The van der Waals surface area contributed by atoms with Gasteiger partial charge in [0.2, 0.25) is 0 Å². The minimum absolute atomic E-state index is 0.200. The molecule has 0 saturated heterocycles. The molecule has 0 aliphatic heterocycles. The Labute approximate surface area is 99.1 Å². The van der Waals surface area contributed by atoms with Gasteiger partial charge in [-0.05, 0) is 43.4 Å². The van der Waals surface area contributed by atoms with Gasteiger partial charge in [0.25, 0.3) is 0 Å². The van der Waals surface area contributed by atoms with E-state index in [0.29, 0.717) is 17.8 Å². The first-order chi connectivity index (χ1) is 7.52. The zero-order valence-corrected chi connectivity index (χ0v) is 11.0. The van der Waals surface area contributed by atoms with E-state index in [4.69, 9.17) is 0 Å². The monoisotopic (exact) mass is 223 g/mol. The third kappa shape index (κ3) is 1.49. The SMILES string of the molecule is CC(C)CC1(C(C)C)/C(=N\O)[C@@H]2CC[C@H]1C2. The van der Waals surface area contributed by atoms with Crippen molar-refractivity contribution in [3.05, 3.63) is 0 Å². The van der Waals surface area contributed by atoms with Crippen molar-refractivity contribution < 1.29 is 5.21 Å². The first-order valence-electron chi connectivity index (χ1n) is 6.74. The van der Waals surface area contributed by atoms with E-state index in [2.05, 4.69) is 32.9 Å². The number of hydrogen-bond donors (Lipinski definition) is 1. The van der Waals surface area contributed by atoms with Crippen molar-refractivity contribution >= 4 is 5.71 Å². The maximum Gasteiger partial charge on any atom is 0.0668 e. The largest absolute Gasteiger partial charge is 0.411 e. The Morgan fingerprint density at radius 2 is 2.00 bits per heavy atom. The van der Waals surface area contributed by atoms with Crippen LogP contribution in [0.3, 0.4) is 0 Å². The van der Waals surface area contributed by atoms with Gasteiger partial charge in [-0.1, -0.05) is 32.9 Å². The van der Waals surface area contributed by atoms with Gasteiger partial charge in [0, 0.05) is 11.3 Å². The average Bonchev–Trinajstić information content (AvgIpc) is 2.75. The second kappa shape index (κ2) is 4.05. The smallest absolute Gasteiger partial charge is 0.0668 e. The molecule has 0 aromatic heterocycles. The molecule has 0 heterocycles. The lowest BCUT2D eigenvalue weighted by molar-refractivity contribution is 0.149. The van der Waals surface area contributed by atoms with E-state index in [1.807, 2.05) is 0 Å². The van der Waals surface area contributed by atoms with Crippen LogP contribution in [-0.4, -0.2) is 10.9 Å². The first-order valence-corrected chi connectivity index (χ1v) is 6.74. The molecular weight excluding hydrogens is 198 g/mol. The molecule has 0 radical (unpaired) electrons. The molecule has 92 valence electrons. The summed E-state index contributed by atoms with van der Waals surface area (Å²) in [5.74, 6) is 2.62. The second-order valence-corrected chi connectivity index (χ2v) is 6.49. The third-order valence-electron chi connectivity index (χ3n) is 4.91. The lowest BCUT2D eigenvalue weighted by atomic mass is 9.61. The van der Waals surface area contributed by atoms with Gasteiger partial charge >= 0.3 is 0 Å². The minimum atomic E-state index is 0.200. The van der Waals surface area contributed by atoms with Gasteiger partial charge in [-0.2, -0.15) is 0 Å². The highest BCUT2D eigenvalue weighted by atomic mass is 16.4. The van der Waals surface area contributed by atoms with Gasteiger partial charge in [0.1, 0.15) is 0 Å². The summed E-state index contributed by atoms with van der Waals surface area (Å²) in [6.45, 7) is 9.17. The summed E-state index contributed by atoms with van der Waals surface area (Å²) in [4.78, 5) is 0. The van der Waals surface area contributed by atoms with Crippen molar-refractivity contribution in [2.24, 2.45) is 34.2 Å². The van der Waals surface area contributed by atoms with Crippen LogP contribution in [0.15, 0.2) is 5.16 Å². The van der Waals surface area contributed by atoms with Crippen molar-refractivity contribution in [2.45, 2.75) is 53.4 Å². The van der Waals surface area contributed by atoms with E-state index < -0.39 is 0 Å². The molecule has 2 rings (SSSR count). The van der Waals surface area contributed by atoms with Gasteiger partial charge < -0.3 is 5.21 Å². The standard InChI is InChI=1S/C14H25NO/c1-9(2)8-14(10(3)4)12-6-5-11(7-12)13(14)15-16/h9-12,16H,5-8H2,1-4H3/b15-13-/t11-,12+,14?/m1/s1. The summed E-state index contributed by atoms with van der Waals surface area (Å²) in [7, 11) is 0. The highest BCUT2D eigenvalue weighted by Gasteiger charge is 2.57. The maximum atomic E-state index is 9.37. The van der Waals surface area contributed by atoms with Crippen LogP contribution in [0.25, 0.3) is 0 Å². The summed E-state index contributed by atoms with van der Waals surface area (Å²) in [5, 5.41) is 13.1. The number of fused-ring (bicyclic) bond motifs is 2. The summed E-state index contributed by atoms with van der Waals surface area (Å²) in [6.07, 6.45) is 5.04. The van der Waals surface area contributed by atoms with Crippen LogP contribution < -0.4 is 0 Å². The fourth-order valence-electron chi connectivity index (χ4n) is 4.41. The molecule has 0 amide bonds. The lowest BCUT2D eigenvalue weighted by Gasteiger charge is -2.43. The molecule has 3 atom stereocenters. The molecular formula is C14H25NO. The van der Waals surface area contributed by atoms with E-state index >= 15 is 0 Å². The predicted molar refractivity (Wildman–Crippen MR) is 66.8 cm³/mol.